The van der Waals surface area contributed by atoms with E-state index in [1.165, 1.54) is 31.5 Å². The van der Waals surface area contributed by atoms with Crippen molar-refractivity contribution in [1.29, 1.82) is 0 Å². The van der Waals surface area contributed by atoms with E-state index in [9.17, 15) is 0 Å². The molecule has 0 atom stereocenters. The molecule has 0 aliphatic carbocycles. The summed E-state index contributed by atoms with van der Waals surface area (Å²) in [5, 5.41) is 7.86. The maximum absolute atomic E-state index is 4.41. The maximum Gasteiger partial charge on any atom is 0.155 e. The molecule has 1 aliphatic heterocycles. The summed E-state index contributed by atoms with van der Waals surface area (Å²) in [5.74, 6) is 0. The van der Waals surface area contributed by atoms with E-state index in [0.29, 0.717) is 0 Å². The van der Waals surface area contributed by atoms with Crippen LogP contribution in [-0.4, -0.2) is 45.7 Å². The summed E-state index contributed by atoms with van der Waals surface area (Å²) in [4.78, 5) is 6.93. The molecule has 0 saturated carbocycles. The molecule has 1 N–H and O–H groups in total. The molecule has 1 saturated heterocycles. The molecule has 1 fully saturated rings. The van der Waals surface area contributed by atoms with Gasteiger partial charge in [0.25, 0.3) is 0 Å². The number of rotatable bonds is 5. The summed E-state index contributed by atoms with van der Waals surface area (Å²) >= 11 is 0. The van der Waals surface area contributed by atoms with Crippen molar-refractivity contribution >= 4 is 5.65 Å². The lowest BCUT2D eigenvalue weighted by molar-refractivity contribution is 0.335. The standard InChI is InChI=1S/C14H21N5/c1-12-8-14-16-10-13(11-19(14)17-12)9-15-4-7-18-5-2-3-6-18/h8,10-11,15H,2-7,9H2,1H3. The van der Waals surface area contributed by atoms with E-state index in [1.54, 1.807) is 0 Å². The molecular weight excluding hydrogens is 238 g/mol. The Bertz CT molecular complexity index is 542. The largest absolute Gasteiger partial charge is 0.311 e. The van der Waals surface area contributed by atoms with Crippen LogP contribution in [-0.2, 0) is 6.54 Å². The second kappa shape index (κ2) is 5.67. The molecule has 0 spiro atoms. The van der Waals surface area contributed by atoms with Crippen LogP contribution >= 0.6 is 0 Å². The minimum atomic E-state index is 0.857. The zero-order valence-electron chi connectivity index (χ0n) is 11.5. The van der Waals surface area contributed by atoms with E-state index in [1.807, 2.05) is 23.7 Å². The highest BCUT2D eigenvalue weighted by Crippen LogP contribution is 2.06. The van der Waals surface area contributed by atoms with Crippen molar-refractivity contribution in [2.24, 2.45) is 0 Å². The van der Waals surface area contributed by atoms with Gasteiger partial charge in [0.1, 0.15) is 0 Å². The Hall–Kier alpha value is -1.46. The summed E-state index contributed by atoms with van der Waals surface area (Å²) in [5.41, 5.74) is 3.10. The number of hydrogen-bond donors (Lipinski definition) is 1. The van der Waals surface area contributed by atoms with Gasteiger partial charge >= 0.3 is 0 Å². The van der Waals surface area contributed by atoms with Gasteiger partial charge in [-0.05, 0) is 32.9 Å². The maximum atomic E-state index is 4.41. The molecular formula is C14H21N5. The summed E-state index contributed by atoms with van der Waals surface area (Å²) in [6, 6.07) is 1.99. The third kappa shape index (κ3) is 3.11. The molecule has 3 rings (SSSR count). The van der Waals surface area contributed by atoms with Crippen LogP contribution in [0.15, 0.2) is 18.5 Å². The summed E-state index contributed by atoms with van der Waals surface area (Å²) in [6.45, 7) is 7.56. The van der Waals surface area contributed by atoms with Crippen molar-refractivity contribution < 1.29 is 0 Å². The van der Waals surface area contributed by atoms with Gasteiger partial charge < -0.3 is 10.2 Å². The number of hydrogen-bond acceptors (Lipinski definition) is 4. The second-order valence-electron chi connectivity index (χ2n) is 5.28. The predicted octanol–water partition coefficient (Wildman–Crippen LogP) is 1.22. The number of nitrogens with zero attached hydrogens (tertiary/aromatic N) is 4. The number of aromatic nitrogens is 3. The second-order valence-corrected chi connectivity index (χ2v) is 5.28. The van der Waals surface area contributed by atoms with E-state index in [4.69, 9.17) is 0 Å². The number of aryl methyl sites for hydroxylation is 1. The van der Waals surface area contributed by atoms with Crippen LogP contribution in [0.4, 0.5) is 0 Å². The van der Waals surface area contributed by atoms with Crippen LogP contribution < -0.4 is 5.32 Å². The average Bonchev–Trinajstić information content (AvgIpc) is 3.02. The quantitative estimate of drug-likeness (QED) is 0.820. The highest BCUT2D eigenvalue weighted by atomic mass is 15.2. The lowest BCUT2D eigenvalue weighted by atomic mass is 10.3. The van der Waals surface area contributed by atoms with E-state index in [-0.39, 0.29) is 0 Å². The average molecular weight is 259 g/mol. The Labute approximate surface area is 113 Å². The molecule has 2 aromatic heterocycles. The first-order chi connectivity index (χ1) is 9.31. The van der Waals surface area contributed by atoms with Crippen molar-refractivity contribution in [2.75, 3.05) is 26.2 Å². The van der Waals surface area contributed by atoms with Gasteiger partial charge in [0.15, 0.2) is 5.65 Å². The van der Waals surface area contributed by atoms with Gasteiger partial charge in [0.2, 0.25) is 0 Å². The third-order valence-electron chi connectivity index (χ3n) is 3.62. The van der Waals surface area contributed by atoms with Gasteiger partial charge in [-0.15, -0.1) is 0 Å². The van der Waals surface area contributed by atoms with Crippen molar-refractivity contribution in [1.82, 2.24) is 24.8 Å². The normalized spacial score (nSPS) is 16.5. The van der Waals surface area contributed by atoms with E-state index in [2.05, 4.69) is 26.5 Å². The third-order valence-corrected chi connectivity index (χ3v) is 3.62. The van der Waals surface area contributed by atoms with E-state index < -0.39 is 0 Å². The highest BCUT2D eigenvalue weighted by Gasteiger charge is 2.10. The predicted molar refractivity (Wildman–Crippen MR) is 75.1 cm³/mol. The van der Waals surface area contributed by atoms with Crippen LogP contribution in [0, 0.1) is 6.92 Å². The first-order valence-corrected chi connectivity index (χ1v) is 7.05. The minimum Gasteiger partial charge on any atom is -0.311 e. The molecule has 3 heterocycles. The minimum absolute atomic E-state index is 0.857. The van der Waals surface area contributed by atoms with Crippen molar-refractivity contribution in [3.8, 4) is 0 Å². The van der Waals surface area contributed by atoms with E-state index in [0.717, 1.165) is 31.0 Å². The van der Waals surface area contributed by atoms with Gasteiger partial charge in [0.05, 0.1) is 5.69 Å². The topological polar surface area (TPSA) is 45.5 Å². The zero-order valence-corrected chi connectivity index (χ0v) is 11.5. The molecule has 0 aromatic carbocycles. The first-order valence-electron chi connectivity index (χ1n) is 7.05. The number of nitrogens with one attached hydrogen (secondary N) is 1. The van der Waals surface area contributed by atoms with Crippen LogP contribution in [0.1, 0.15) is 24.1 Å². The SMILES string of the molecule is Cc1cc2ncc(CNCCN3CCCC3)cn2n1. The van der Waals surface area contributed by atoms with Gasteiger partial charge in [-0.1, -0.05) is 0 Å². The number of likely N-dealkylation sites (tertiary alicyclic amines) is 1. The monoisotopic (exact) mass is 259 g/mol. The molecule has 1 aliphatic rings. The van der Waals surface area contributed by atoms with Crippen molar-refractivity contribution in [3.05, 3.63) is 29.7 Å². The molecule has 5 nitrogen and oxygen atoms in total. The highest BCUT2D eigenvalue weighted by molar-refractivity contribution is 5.38. The smallest absolute Gasteiger partial charge is 0.155 e. The van der Waals surface area contributed by atoms with Gasteiger partial charge in [0, 0.05) is 43.7 Å². The summed E-state index contributed by atoms with van der Waals surface area (Å²) in [6.07, 6.45) is 6.70. The van der Waals surface area contributed by atoms with Crippen molar-refractivity contribution in [2.45, 2.75) is 26.3 Å². The zero-order chi connectivity index (χ0) is 13.1. The summed E-state index contributed by atoms with van der Waals surface area (Å²) < 4.78 is 1.85. The molecule has 0 bridgehead atoms. The van der Waals surface area contributed by atoms with Gasteiger partial charge in [-0.2, -0.15) is 5.10 Å². The Morgan fingerprint density at radius 1 is 1.32 bits per heavy atom. The Balaban J connectivity index is 1.50. The fourth-order valence-corrected chi connectivity index (χ4v) is 2.60. The Kier molecular flexibility index (Phi) is 3.75. The fraction of sp³-hybridized carbons (Fsp3) is 0.571. The molecule has 19 heavy (non-hydrogen) atoms. The Morgan fingerprint density at radius 2 is 2.16 bits per heavy atom. The van der Waals surface area contributed by atoms with Crippen LogP contribution in [0.5, 0.6) is 0 Å². The van der Waals surface area contributed by atoms with Gasteiger partial charge in [-0.25, -0.2) is 9.50 Å². The molecule has 102 valence electrons. The molecule has 0 radical (unpaired) electrons. The van der Waals surface area contributed by atoms with Crippen LogP contribution in [0.2, 0.25) is 0 Å². The van der Waals surface area contributed by atoms with Crippen LogP contribution in [0.25, 0.3) is 5.65 Å². The van der Waals surface area contributed by atoms with Crippen LogP contribution in [0.3, 0.4) is 0 Å². The lowest BCUT2D eigenvalue weighted by Gasteiger charge is -2.14. The molecule has 0 amide bonds. The molecule has 2 aromatic rings. The van der Waals surface area contributed by atoms with E-state index >= 15 is 0 Å². The summed E-state index contributed by atoms with van der Waals surface area (Å²) in [7, 11) is 0. The van der Waals surface area contributed by atoms with Crippen molar-refractivity contribution in [3.63, 3.8) is 0 Å². The van der Waals surface area contributed by atoms with Gasteiger partial charge in [-0.3, -0.25) is 0 Å². The fourth-order valence-electron chi connectivity index (χ4n) is 2.60. The molecule has 0 unspecified atom stereocenters. The Morgan fingerprint density at radius 3 is 3.00 bits per heavy atom. The first kappa shape index (κ1) is 12.6. The molecule has 5 heteroatoms. The number of fused-ring (bicyclic) bond motifs is 1. The lowest BCUT2D eigenvalue weighted by Crippen LogP contribution is -2.29.